The van der Waals surface area contributed by atoms with Crippen molar-refractivity contribution in [1.82, 2.24) is 25.1 Å². The van der Waals surface area contributed by atoms with E-state index in [2.05, 4.69) is 46.8 Å². The molecule has 2 aliphatic rings. The molecular weight excluding hydrogens is 280 g/mol. The minimum absolute atomic E-state index is 0.672. The van der Waals surface area contributed by atoms with E-state index in [0.717, 1.165) is 57.3 Å². The van der Waals surface area contributed by atoms with Gasteiger partial charge >= 0.3 is 0 Å². The van der Waals surface area contributed by atoms with Crippen molar-refractivity contribution in [2.24, 2.45) is 0 Å². The predicted molar refractivity (Wildman–Crippen MR) is 81.4 cm³/mol. The van der Waals surface area contributed by atoms with Crippen molar-refractivity contribution in [3.63, 3.8) is 0 Å². The normalized spacial score (nSPS) is 21.0. The summed E-state index contributed by atoms with van der Waals surface area (Å²) < 4.78 is 4.63. The fourth-order valence-electron chi connectivity index (χ4n) is 3.24. The van der Waals surface area contributed by atoms with Crippen LogP contribution in [-0.4, -0.2) is 70.4 Å². The van der Waals surface area contributed by atoms with Gasteiger partial charge in [0.1, 0.15) is 11.5 Å². The van der Waals surface area contributed by atoms with Crippen LogP contribution < -0.4 is 4.90 Å². The molecule has 2 saturated heterocycles. The summed E-state index contributed by atoms with van der Waals surface area (Å²) in [5, 5.41) is 7.51. The van der Waals surface area contributed by atoms with Gasteiger partial charge < -0.3 is 4.90 Å². The Kier molecular flexibility index (Phi) is 3.74. The zero-order chi connectivity index (χ0) is 14.8. The number of anilines is 1. The second-order valence-corrected chi connectivity index (χ2v) is 5.96. The van der Waals surface area contributed by atoms with E-state index in [9.17, 15) is 0 Å². The molecule has 4 heterocycles. The Hall–Kier alpha value is -1.99. The van der Waals surface area contributed by atoms with Crippen LogP contribution in [0, 0.1) is 0 Å². The van der Waals surface area contributed by atoms with E-state index in [4.69, 9.17) is 0 Å². The predicted octanol–water partition coefficient (Wildman–Crippen LogP) is 0.471. The molecule has 0 aliphatic carbocycles. The van der Waals surface area contributed by atoms with Crippen molar-refractivity contribution in [1.29, 1.82) is 0 Å². The number of rotatable bonds is 4. The Balaban J connectivity index is 1.24. The van der Waals surface area contributed by atoms with Gasteiger partial charge in [-0.3, -0.25) is 9.80 Å². The number of nitrogens with zero attached hydrogens (tertiary/aromatic N) is 6. The van der Waals surface area contributed by atoms with Crippen LogP contribution in [0.15, 0.2) is 35.2 Å². The van der Waals surface area contributed by atoms with Crippen molar-refractivity contribution >= 4 is 5.82 Å². The van der Waals surface area contributed by atoms with Gasteiger partial charge in [-0.05, 0) is 12.1 Å². The van der Waals surface area contributed by atoms with Crippen LogP contribution in [0.1, 0.15) is 5.69 Å². The van der Waals surface area contributed by atoms with Crippen LogP contribution in [0.4, 0.5) is 5.82 Å². The Morgan fingerprint density at radius 2 is 2.00 bits per heavy atom. The molecule has 4 rings (SSSR count). The standard InChI is InChI=1S/C15H20N6O/c1-2-4-16-15(3-1)21-7-5-20(6-8-21)14-11-19(12-14)10-13-9-17-22-18-13/h1-4,9,14H,5-8,10-12H2. The van der Waals surface area contributed by atoms with E-state index in [1.807, 2.05) is 12.3 Å². The summed E-state index contributed by atoms with van der Waals surface area (Å²) in [7, 11) is 0. The Labute approximate surface area is 129 Å². The molecule has 0 bridgehead atoms. The van der Waals surface area contributed by atoms with E-state index in [-0.39, 0.29) is 0 Å². The van der Waals surface area contributed by atoms with Crippen molar-refractivity contribution < 1.29 is 4.63 Å². The number of aromatic nitrogens is 3. The van der Waals surface area contributed by atoms with E-state index in [0.29, 0.717) is 6.04 Å². The van der Waals surface area contributed by atoms with Gasteiger partial charge in [0.2, 0.25) is 0 Å². The van der Waals surface area contributed by atoms with Gasteiger partial charge in [-0.2, -0.15) is 0 Å². The zero-order valence-electron chi connectivity index (χ0n) is 12.5. The first-order valence-corrected chi connectivity index (χ1v) is 7.77. The van der Waals surface area contributed by atoms with Crippen LogP contribution in [0.5, 0.6) is 0 Å². The van der Waals surface area contributed by atoms with E-state index >= 15 is 0 Å². The zero-order valence-corrected chi connectivity index (χ0v) is 12.5. The molecule has 116 valence electrons. The minimum atomic E-state index is 0.672. The molecule has 22 heavy (non-hydrogen) atoms. The maximum atomic E-state index is 4.63. The van der Waals surface area contributed by atoms with Crippen LogP contribution in [-0.2, 0) is 6.54 Å². The fourth-order valence-corrected chi connectivity index (χ4v) is 3.24. The Morgan fingerprint density at radius 3 is 2.68 bits per heavy atom. The molecule has 7 heteroatoms. The number of pyridine rings is 1. The topological polar surface area (TPSA) is 61.5 Å². The van der Waals surface area contributed by atoms with Crippen LogP contribution in [0.2, 0.25) is 0 Å². The van der Waals surface area contributed by atoms with E-state index in [1.54, 1.807) is 6.20 Å². The summed E-state index contributed by atoms with van der Waals surface area (Å²) in [6.45, 7) is 7.39. The first-order chi connectivity index (χ1) is 10.9. The third-order valence-electron chi connectivity index (χ3n) is 4.53. The lowest BCUT2D eigenvalue weighted by Crippen LogP contribution is -2.62. The SMILES string of the molecule is c1ccc(N2CCN(C3CN(Cc4cnon4)C3)CC2)nc1. The maximum Gasteiger partial charge on any atom is 0.128 e. The first-order valence-electron chi connectivity index (χ1n) is 7.77. The minimum Gasteiger partial charge on any atom is -0.354 e. The summed E-state index contributed by atoms with van der Waals surface area (Å²) in [5.74, 6) is 1.09. The number of hydrogen-bond donors (Lipinski definition) is 0. The summed E-state index contributed by atoms with van der Waals surface area (Å²) in [5.41, 5.74) is 0.915. The average Bonchev–Trinajstić information content (AvgIpc) is 3.05. The Bertz CT molecular complexity index is 575. The van der Waals surface area contributed by atoms with Crippen LogP contribution in [0.25, 0.3) is 0 Å². The van der Waals surface area contributed by atoms with Crippen LogP contribution >= 0.6 is 0 Å². The molecule has 2 aliphatic heterocycles. The highest BCUT2D eigenvalue weighted by molar-refractivity contribution is 5.38. The quantitative estimate of drug-likeness (QED) is 0.813. The Morgan fingerprint density at radius 1 is 1.14 bits per heavy atom. The summed E-state index contributed by atoms with van der Waals surface area (Å²) in [6.07, 6.45) is 3.56. The molecule has 0 unspecified atom stereocenters. The third-order valence-corrected chi connectivity index (χ3v) is 4.53. The fraction of sp³-hybridized carbons (Fsp3) is 0.533. The lowest BCUT2D eigenvalue weighted by Gasteiger charge is -2.48. The highest BCUT2D eigenvalue weighted by Gasteiger charge is 2.33. The number of hydrogen-bond acceptors (Lipinski definition) is 7. The molecule has 0 atom stereocenters. The molecule has 0 spiro atoms. The van der Waals surface area contributed by atoms with Crippen molar-refractivity contribution in [2.75, 3.05) is 44.2 Å². The smallest absolute Gasteiger partial charge is 0.128 e. The molecule has 0 N–H and O–H groups in total. The summed E-state index contributed by atoms with van der Waals surface area (Å²) in [4.78, 5) is 11.8. The molecule has 2 aromatic heterocycles. The lowest BCUT2D eigenvalue weighted by atomic mass is 10.1. The molecule has 0 aromatic carbocycles. The molecule has 0 saturated carbocycles. The highest BCUT2D eigenvalue weighted by atomic mass is 16.6. The van der Waals surface area contributed by atoms with Crippen molar-refractivity contribution in [2.45, 2.75) is 12.6 Å². The monoisotopic (exact) mass is 300 g/mol. The van der Waals surface area contributed by atoms with E-state index in [1.165, 1.54) is 0 Å². The number of likely N-dealkylation sites (tertiary alicyclic amines) is 1. The molecule has 0 amide bonds. The summed E-state index contributed by atoms with van der Waals surface area (Å²) >= 11 is 0. The van der Waals surface area contributed by atoms with Gasteiger partial charge in [-0.1, -0.05) is 16.4 Å². The summed E-state index contributed by atoms with van der Waals surface area (Å²) in [6, 6.07) is 6.78. The second-order valence-electron chi connectivity index (χ2n) is 5.96. The molecule has 2 fully saturated rings. The van der Waals surface area contributed by atoms with Crippen molar-refractivity contribution in [3.05, 3.63) is 36.3 Å². The third kappa shape index (κ3) is 2.82. The largest absolute Gasteiger partial charge is 0.354 e. The average molecular weight is 300 g/mol. The van der Waals surface area contributed by atoms with Gasteiger partial charge in [0.15, 0.2) is 0 Å². The van der Waals surface area contributed by atoms with Gasteiger partial charge in [-0.15, -0.1) is 0 Å². The van der Waals surface area contributed by atoms with Gasteiger partial charge in [0, 0.05) is 58.1 Å². The lowest BCUT2D eigenvalue weighted by molar-refractivity contribution is 0.0242. The highest BCUT2D eigenvalue weighted by Crippen LogP contribution is 2.20. The van der Waals surface area contributed by atoms with Gasteiger partial charge in [-0.25, -0.2) is 9.61 Å². The maximum absolute atomic E-state index is 4.63. The van der Waals surface area contributed by atoms with Crippen LogP contribution in [0.3, 0.4) is 0 Å². The molecule has 7 nitrogen and oxygen atoms in total. The van der Waals surface area contributed by atoms with E-state index < -0.39 is 0 Å². The first kappa shape index (κ1) is 13.7. The van der Waals surface area contributed by atoms with Crippen molar-refractivity contribution in [3.8, 4) is 0 Å². The van der Waals surface area contributed by atoms with Gasteiger partial charge in [0.25, 0.3) is 0 Å². The number of piperazine rings is 1. The molecule has 2 aromatic rings. The molecule has 0 radical (unpaired) electrons. The molecular formula is C15H20N6O. The van der Waals surface area contributed by atoms with Gasteiger partial charge in [0.05, 0.1) is 6.20 Å². The second kappa shape index (κ2) is 6.02.